The maximum Gasteiger partial charge on any atom is 0.363 e. The highest BCUT2D eigenvalue weighted by molar-refractivity contribution is 14.1. The van der Waals surface area contributed by atoms with Gasteiger partial charge in [0.15, 0.2) is 11.4 Å². The van der Waals surface area contributed by atoms with Gasteiger partial charge in [0, 0.05) is 9.13 Å². The lowest BCUT2D eigenvalue weighted by molar-refractivity contribution is -0.129. The van der Waals surface area contributed by atoms with Crippen molar-refractivity contribution in [3.8, 4) is 5.75 Å². The summed E-state index contributed by atoms with van der Waals surface area (Å²) >= 11 is 6.43. The standard InChI is InChI=1S/C23H12I3NO4/c24-16-8-6-14(7-9-16)21-27-19(23(29)31-21)12-13-10-17(25)20(18(26)11-13)30-22(28)15-4-2-1-3-5-15/h1-12H/b19-12-. The SMILES string of the molecule is O=C1OC(c2ccc(I)cc2)=N/C1=C\c1cc(I)c(OC(=O)c2ccccc2)c(I)c1. The Labute approximate surface area is 219 Å². The Morgan fingerprint density at radius 1 is 0.935 bits per heavy atom. The first-order chi connectivity index (χ1) is 14.9. The largest absolute Gasteiger partial charge is 0.421 e. The number of rotatable bonds is 4. The van der Waals surface area contributed by atoms with Crippen molar-refractivity contribution < 1.29 is 19.1 Å². The Hall–Kier alpha value is -1.80. The Morgan fingerprint density at radius 2 is 1.58 bits per heavy atom. The van der Waals surface area contributed by atoms with Gasteiger partial charge in [-0.25, -0.2) is 14.6 Å². The number of benzene rings is 3. The smallest absolute Gasteiger partial charge is 0.363 e. The second-order valence-corrected chi connectivity index (χ2v) is 9.98. The van der Waals surface area contributed by atoms with E-state index in [1.165, 1.54) is 0 Å². The highest BCUT2D eigenvalue weighted by Crippen LogP contribution is 2.31. The summed E-state index contributed by atoms with van der Waals surface area (Å²) in [5.74, 6) is -0.161. The molecule has 0 spiro atoms. The van der Waals surface area contributed by atoms with Gasteiger partial charge in [-0.15, -0.1) is 0 Å². The summed E-state index contributed by atoms with van der Waals surface area (Å²) in [5, 5.41) is 0. The maximum atomic E-state index is 12.4. The molecular weight excluding hydrogens is 735 g/mol. The van der Waals surface area contributed by atoms with E-state index in [0.717, 1.165) is 21.8 Å². The van der Waals surface area contributed by atoms with Crippen molar-refractivity contribution in [2.24, 2.45) is 4.99 Å². The molecule has 5 nitrogen and oxygen atoms in total. The summed E-state index contributed by atoms with van der Waals surface area (Å²) in [4.78, 5) is 29.0. The molecule has 0 amide bonds. The Balaban J connectivity index is 1.59. The molecule has 0 bridgehead atoms. The van der Waals surface area contributed by atoms with Crippen LogP contribution in [0.5, 0.6) is 5.75 Å². The number of carbonyl (C=O) groups is 2. The quantitative estimate of drug-likeness (QED) is 0.141. The zero-order valence-electron chi connectivity index (χ0n) is 15.6. The summed E-state index contributed by atoms with van der Waals surface area (Å²) in [6, 6.07) is 20.0. The van der Waals surface area contributed by atoms with E-state index in [4.69, 9.17) is 9.47 Å². The third-order valence-electron chi connectivity index (χ3n) is 4.24. The van der Waals surface area contributed by atoms with Gasteiger partial charge >= 0.3 is 11.9 Å². The predicted molar refractivity (Wildman–Crippen MR) is 143 cm³/mol. The van der Waals surface area contributed by atoms with Gasteiger partial charge in [-0.3, -0.25) is 0 Å². The monoisotopic (exact) mass is 747 g/mol. The Morgan fingerprint density at radius 3 is 2.23 bits per heavy atom. The average Bonchev–Trinajstić information content (AvgIpc) is 3.12. The van der Waals surface area contributed by atoms with E-state index in [2.05, 4.69) is 72.8 Å². The van der Waals surface area contributed by atoms with Crippen molar-refractivity contribution >= 4 is 91.7 Å². The second kappa shape index (κ2) is 9.77. The molecule has 0 atom stereocenters. The molecule has 4 rings (SSSR count). The molecule has 1 heterocycles. The maximum absolute atomic E-state index is 12.4. The number of hydrogen-bond donors (Lipinski definition) is 0. The number of hydrogen-bond acceptors (Lipinski definition) is 5. The van der Waals surface area contributed by atoms with E-state index >= 15 is 0 Å². The van der Waals surface area contributed by atoms with Crippen LogP contribution in [0.3, 0.4) is 0 Å². The average molecular weight is 747 g/mol. The van der Waals surface area contributed by atoms with Crippen LogP contribution in [0.15, 0.2) is 77.4 Å². The summed E-state index contributed by atoms with van der Waals surface area (Å²) in [6.45, 7) is 0. The zero-order valence-corrected chi connectivity index (χ0v) is 22.1. The van der Waals surface area contributed by atoms with Gasteiger partial charge in [0.25, 0.3) is 0 Å². The number of halogens is 3. The van der Waals surface area contributed by atoms with E-state index in [-0.39, 0.29) is 11.6 Å². The van der Waals surface area contributed by atoms with Crippen molar-refractivity contribution in [1.29, 1.82) is 0 Å². The predicted octanol–water partition coefficient (Wildman–Crippen LogP) is 6.06. The summed E-state index contributed by atoms with van der Waals surface area (Å²) in [6.07, 6.45) is 1.66. The van der Waals surface area contributed by atoms with Crippen molar-refractivity contribution in [3.63, 3.8) is 0 Å². The summed E-state index contributed by atoms with van der Waals surface area (Å²) in [7, 11) is 0. The second-order valence-electron chi connectivity index (χ2n) is 6.41. The molecule has 0 fully saturated rings. The number of aliphatic imine (C=N–C) groups is 1. The lowest BCUT2D eigenvalue weighted by atomic mass is 10.2. The van der Waals surface area contributed by atoms with Crippen LogP contribution in [0.25, 0.3) is 6.08 Å². The minimum atomic E-state index is -0.502. The number of carbonyl (C=O) groups excluding carboxylic acids is 2. The molecule has 0 radical (unpaired) electrons. The molecule has 0 saturated heterocycles. The highest BCUT2D eigenvalue weighted by Gasteiger charge is 2.24. The Bertz CT molecular complexity index is 1210. The molecule has 0 saturated carbocycles. The van der Waals surface area contributed by atoms with Gasteiger partial charge in [0.2, 0.25) is 5.90 Å². The fourth-order valence-electron chi connectivity index (χ4n) is 2.77. The minimum Gasteiger partial charge on any atom is -0.421 e. The fourth-order valence-corrected chi connectivity index (χ4v) is 5.17. The fraction of sp³-hybridized carbons (Fsp3) is 0. The number of cyclic esters (lactones) is 1. The Kier molecular flexibility index (Phi) is 7.06. The van der Waals surface area contributed by atoms with Crippen molar-refractivity contribution in [3.05, 3.63) is 99.8 Å². The van der Waals surface area contributed by atoms with Crippen molar-refractivity contribution in [2.45, 2.75) is 0 Å². The van der Waals surface area contributed by atoms with E-state index < -0.39 is 11.9 Å². The highest BCUT2D eigenvalue weighted by atomic mass is 127. The molecule has 1 aliphatic heterocycles. The van der Waals surface area contributed by atoms with Gasteiger partial charge in [-0.05, 0) is 128 Å². The number of nitrogens with zero attached hydrogens (tertiary/aromatic N) is 1. The van der Waals surface area contributed by atoms with Gasteiger partial charge < -0.3 is 9.47 Å². The van der Waals surface area contributed by atoms with Crippen LogP contribution in [0, 0.1) is 10.7 Å². The third-order valence-corrected chi connectivity index (χ3v) is 6.56. The van der Waals surface area contributed by atoms with Crippen LogP contribution in [0.4, 0.5) is 0 Å². The first kappa shape index (κ1) is 22.4. The van der Waals surface area contributed by atoms with Crippen molar-refractivity contribution in [1.82, 2.24) is 0 Å². The topological polar surface area (TPSA) is 65.0 Å². The van der Waals surface area contributed by atoms with Gasteiger partial charge in [-0.1, -0.05) is 18.2 Å². The molecule has 0 unspecified atom stereocenters. The van der Waals surface area contributed by atoms with Crippen LogP contribution in [0.2, 0.25) is 0 Å². The van der Waals surface area contributed by atoms with E-state index in [0.29, 0.717) is 11.3 Å². The minimum absolute atomic E-state index is 0.217. The molecule has 0 aromatic heterocycles. The van der Waals surface area contributed by atoms with Crippen LogP contribution in [0.1, 0.15) is 21.5 Å². The molecule has 0 N–H and O–H groups in total. The summed E-state index contributed by atoms with van der Waals surface area (Å²) < 4.78 is 13.5. The lowest BCUT2D eigenvalue weighted by Crippen LogP contribution is -2.10. The van der Waals surface area contributed by atoms with Crippen LogP contribution in [-0.2, 0) is 9.53 Å². The molecule has 8 heteroatoms. The first-order valence-electron chi connectivity index (χ1n) is 8.95. The van der Waals surface area contributed by atoms with E-state index in [9.17, 15) is 9.59 Å². The zero-order chi connectivity index (χ0) is 22.0. The molecule has 1 aliphatic rings. The molecule has 154 valence electrons. The molecule has 0 aliphatic carbocycles. The molecular formula is C23H12I3NO4. The first-order valence-corrected chi connectivity index (χ1v) is 12.2. The normalized spacial score (nSPS) is 14.4. The molecule has 3 aromatic rings. The van der Waals surface area contributed by atoms with Crippen LogP contribution < -0.4 is 4.74 Å². The molecule has 3 aromatic carbocycles. The number of ether oxygens (including phenoxy) is 2. The van der Waals surface area contributed by atoms with Gasteiger partial charge in [-0.2, -0.15) is 0 Å². The summed E-state index contributed by atoms with van der Waals surface area (Å²) in [5.41, 5.74) is 2.19. The lowest BCUT2D eigenvalue weighted by Gasteiger charge is -2.10. The third kappa shape index (κ3) is 5.34. The van der Waals surface area contributed by atoms with Crippen LogP contribution >= 0.6 is 67.8 Å². The van der Waals surface area contributed by atoms with Crippen molar-refractivity contribution in [2.75, 3.05) is 0 Å². The van der Waals surface area contributed by atoms with Gasteiger partial charge in [0.1, 0.15) is 0 Å². The van der Waals surface area contributed by atoms with E-state index in [1.807, 2.05) is 42.5 Å². The molecule has 31 heavy (non-hydrogen) atoms. The van der Waals surface area contributed by atoms with E-state index in [1.54, 1.807) is 30.3 Å². The van der Waals surface area contributed by atoms with Gasteiger partial charge in [0.05, 0.1) is 12.7 Å². The number of esters is 2. The van der Waals surface area contributed by atoms with Crippen LogP contribution in [-0.4, -0.2) is 17.8 Å².